The highest BCUT2D eigenvalue weighted by molar-refractivity contribution is 7.89. The van der Waals surface area contributed by atoms with Crippen LogP contribution in [0.1, 0.15) is 26.2 Å². The van der Waals surface area contributed by atoms with E-state index in [0.29, 0.717) is 6.61 Å². The van der Waals surface area contributed by atoms with Gasteiger partial charge in [-0.2, -0.15) is 4.31 Å². The number of sulfonamides is 1. The van der Waals surface area contributed by atoms with Crippen molar-refractivity contribution < 1.29 is 23.1 Å². The van der Waals surface area contributed by atoms with Gasteiger partial charge in [-0.25, -0.2) is 8.42 Å². The average Bonchev–Trinajstić information content (AvgIpc) is 3.01. The Labute approximate surface area is 102 Å². The van der Waals surface area contributed by atoms with Gasteiger partial charge in [-0.05, 0) is 19.8 Å². The Hall–Kier alpha value is -0.660. The molecule has 100 valence electrons. The molecule has 1 aliphatic rings. The Balaban J connectivity index is 2.52. The molecule has 0 heterocycles. The van der Waals surface area contributed by atoms with Crippen molar-refractivity contribution in [2.75, 3.05) is 25.5 Å². The predicted molar refractivity (Wildman–Crippen MR) is 62.3 cm³/mol. The smallest absolute Gasteiger partial charge is 0.304 e. The maximum Gasteiger partial charge on any atom is 0.304 e. The van der Waals surface area contributed by atoms with E-state index in [-0.39, 0.29) is 31.4 Å². The molecule has 1 aliphatic carbocycles. The van der Waals surface area contributed by atoms with Gasteiger partial charge < -0.3 is 9.84 Å². The van der Waals surface area contributed by atoms with Crippen LogP contribution in [0.3, 0.4) is 0 Å². The Morgan fingerprint density at radius 1 is 1.47 bits per heavy atom. The summed E-state index contributed by atoms with van der Waals surface area (Å²) in [6.45, 7) is 2.51. The van der Waals surface area contributed by atoms with E-state index in [9.17, 15) is 13.2 Å². The Morgan fingerprint density at radius 2 is 2.12 bits per heavy atom. The first kappa shape index (κ1) is 14.4. The molecule has 0 saturated heterocycles. The molecule has 0 spiro atoms. The van der Waals surface area contributed by atoms with E-state index in [1.807, 2.05) is 0 Å². The minimum absolute atomic E-state index is 0.000904. The first-order chi connectivity index (χ1) is 7.97. The van der Waals surface area contributed by atoms with Crippen molar-refractivity contribution in [1.29, 1.82) is 0 Å². The molecule has 0 aromatic rings. The van der Waals surface area contributed by atoms with Crippen LogP contribution in [0.15, 0.2) is 0 Å². The number of hydrogen-bond acceptors (Lipinski definition) is 4. The van der Waals surface area contributed by atoms with Crippen LogP contribution in [0.25, 0.3) is 0 Å². The minimum atomic E-state index is -3.38. The third-order valence-electron chi connectivity index (χ3n) is 2.55. The molecule has 0 radical (unpaired) electrons. The zero-order chi connectivity index (χ0) is 12.9. The van der Waals surface area contributed by atoms with Crippen molar-refractivity contribution in [2.24, 2.45) is 0 Å². The predicted octanol–water partition coefficient (Wildman–Crippen LogP) is 0.292. The molecule has 0 aromatic heterocycles. The topological polar surface area (TPSA) is 83.9 Å². The van der Waals surface area contributed by atoms with Crippen LogP contribution in [0.2, 0.25) is 0 Å². The minimum Gasteiger partial charge on any atom is -0.481 e. The lowest BCUT2D eigenvalue weighted by Crippen LogP contribution is -2.37. The van der Waals surface area contributed by atoms with Crippen molar-refractivity contribution >= 4 is 16.0 Å². The first-order valence-corrected chi connectivity index (χ1v) is 7.37. The van der Waals surface area contributed by atoms with Gasteiger partial charge in [0, 0.05) is 19.2 Å². The molecule has 17 heavy (non-hydrogen) atoms. The maximum absolute atomic E-state index is 12.0. The number of rotatable bonds is 9. The van der Waals surface area contributed by atoms with Crippen molar-refractivity contribution in [1.82, 2.24) is 4.31 Å². The second kappa shape index (κ2) is 6.32. The van der Waals surface area contributed by atoms with Crippen LogP contribution >= 0.6 is 0 Å². The lowest BCUT2D eigenvalue weighted by atomic mass is 10.4. The molecule has 0 aromatic carbocycles. The summed E-state index contributed by atoms with van der Waals surface area (Å²) in [6.07, 6.45) is 1.51. The van der Waals surface area contributed by atoms with Gasteiger partial charge in [-0.3, -0.25) is 4.79 Å². The Morgan fingerprint density at radius 3 is 2.59 bits per heavy atom. The third kappa shape index (κ3) is 5.01. The van der Waals surface area contributed by atoms with E-state index in [1.165, 1.54) is 4.31 Å². The zero-order valence-corrected chi connectivity index (χ0v) is 10.8. The van der Waals surface area contributed by atoms with Crippen LogP contribution in [-0.4, -0.2) is 55.4 Å². The number of carboxylic acids is 1. The fourth-order valence-electron chi connectivity index (χ4n) is 1.54. The van der Waals surface area contributed by atoms with Gasteiger partial charge in [-0.1, -0.05) is 0 Å². The summed E-state index contributed by atoms with van der Waals surface area (Å²) in [4.78, 5) is 10.5. The molecule has 1 saturated carbocycles. The number of ether oxygens (including phenoxy) is 1. The van der Waals surface area contributed by atoms with E-state index in [4.69, 9.17) is 9.84 Å². The van der Waals surface area contributed by atoms with E-state index in [2.05, 4.69) is 0 Å². The van der Waals surface area contributed by atoms with E-state index in [1.54, 1.807) is 6.92 Å². The number of carbonyl (C=O) groups is 1. The second-order valence-electron chi connectivity index (χ2n) is 4.00. The molecule has 7 heteroatoms. The molecule has 1 fully saturated rings. The molecule has 0 atom stereocenters. The molecular weight excluding hydrogens is 246 g/mol. The van der Waals surface area contributed by atoms with Crippen molar-refractivity contribution in [2.45, 2.75) is 32.2 Å². The number of hydrogen-bond donors (Lipinski definition) is 1. The summed E-state index contributed by atoms with van der Waals surface area (Å²) < 4.78 is 30.2. The third-order valence-corrected chi connectivity index (χ3v) is 4.43. The summed E-state index contributed by atoms with van der Waals surface area (Å²) in [5, 5.41) is 8.60. The monoisotopic (exact) mass is 265 g/mol. The van der Waals surface area contributed by atoms with Crippen LogP contribution in [0.4, 0.5) is 0 Å². The largest absolute Gasteiger partial charge is 0.481 e. The van der Waals surface area contributed by atoms with Crippen LogP contribution in [-0.2, 0) is 19.6 Å². The van der Waals surface area contributed by atoms with E-state index >= 15 is 0 Å². The highest BCUT2D eigenvalue weighted by atomic mass is 32.2. The number of nitrogens with zero attached hydrogens (tertiary/aromatic N) is 1. The highest BCUT2D eigenvalue weighted by Gasteiger charge is 2.36. The molecule has 0 bridgehead atoms. The van der Waals surface area contributed by atoms with Crippen molar-refractivity contribution in [3.8, 4) is 0 Å². The molecule has 1 rings (SSSR count). The quantitative estimate of drug-likeness (QED) is 0.606. The summed E-state index contributed by atoms with van der Waals surface area (Å²) in [5.74, 6) is -1.05. The van der Waals surface area contributed by atoms with Crippen molar-refractivity contribution in [3.63, 3.8) is 0 Å². The highest BCUT2D eigenvalue weighted by Crippen LogP contribution is 2.29. The first-order valence-electron chi connectivity index (χ1n) is 5.76. The standard InChI is InChI=1S/C10H19NO5S/c1-2-16-7-8-17(14,15)11(9-3-4-9)6-5-10(12)13/h9H,2-8H2,1H3,(H,12,13). The molecule has 1 N–H and O–H groups in total. The van der Waals surface area contributed by atoms with Gasteiger partial charge in [0.2, 0.25) is 10.0 Å². The lowest BCUT2D eigenvalue weighted by Gasteiger charge is -2.20. The second-order valence-corrected chi connectivity index (χ2v) is 6.04. The number of carboxylic acid groups (broad SMARTS) is 1. The molecule has 0 unspecified atom stereocenters. The zero-order valence-electron chi connectivity index (χ0n) is 9.96. The normalized spacial score (nSPS) is 16.4. The summed E-state index contributed by atoms with van der Waals surface area (Å²) in [5.41, 5.74) is 0. The van der Waals surface area contributed by atoms with Gasteiger partial charge in [0.15, 0.2) is 0 Å². The van der Waals surface area contributed by atoms with E-state index in [0.717, 1.165) is 12.8 Å². The summed E-state index contributed by atoms with van der Waals surface area (Å²) in [6, 6.07) is 0.000904. The van der Waals surface area contributed by atoms with Crippen LogP contribution in [0, 0.1) is 0 Å². The van der Waals surface area contributed by atoms with Crippen LogP contribution < -0.4 is 0 Å². The van der Waals surface area contributed by atoms with E-state index < -0.39 is 16.0 Å². The van der Waals surface area contributed by atoms with Gasteiger partial charge in [-0.15, -0.1) is 0 Å². The SMILES string of the molecule is CCOCCS(=O)(=O)N(CCC(=O)O)C1CC1. The van der Waals surface area contributed by atoms with Gasteiger partial charge in [0.05, 0.1) is 18.8 Å². The Kier molecular flexibility index (Phi) is 5.35. The lowest BCUT2D eigenvalue weighted by molar-refractivity contribution is -0.137. The molecule has 6 nitrogen and oxygen atoms in total. The fraction of sp³-hybridized carbons (Fsp3) is 0.900. The maximum atomic E-state index is 12.0. The summed E-state index contributed by atoms with van der Waals surface area (Å²) in [7, 11) is -3.38. The molecule has 0 amide bonds. The molecular formula is C10H19NO5S. The Bertz CT molecular complexity index is 350. The van der Waals surface area contributed by atoms with Gasteiger partial charge in [0.1, 0.15) is 0 Å². The van der Waals surface area contributed by atoms with Gasteiger partial charge >= 0.3 is 5.97 Å². The van der Waals surface area contributed by atoms with Crippen molar-refractivity contribution in [3.05, 3.63) is 0 Å². The summed E-state index contributed by atoms with van der Waals surface area (Å²) >= 11 is 0. The average molecular weight is 265 g/mol. The number of aliphatic carboxylic acids is 1. The fourth-order valence-corrected chi connectivity index (χ4v) is 3.14. The van der Waals surface area contributed by atoms with Crippen LogP contribution in [0.5, 0.6) is 0 Å². The molecule has 0 aliphatic heterocycles. The van der Waals surface area contributed by atoms with Gasteiger partial charge in [0.25, 0.3) is 0 Å².